The summed E-state index contributed by atoms with van der Waals surface area (Å²) in [6.07, 6.45) is 0.859. The van der Waals surface area contributed by atoms with Crippen molar-refractivity contribution in [1.82, 2.24) is 4.90 Å². The number of carbonyl (C=O) groups excluding carboxylic acids is 1. The molecule has 0 bridgehead atoms. The second-order valence-electron chi connectivity index (χ2n) is 5.61. The minimum Gasteiger partial charge on any atom is -0.497 e. The van der Waals surface area contributed by atoms with E-state index in [9.17, 15) is 9.59 Å². The van der Waals surface area contributed by atoms with Crippen molar-refractivity contribution in [3.8, 4) is 11.5 Å². The molecule has 1 amide bonds. The number of likely N-dealkylation sites (N-methyl/N-ethyl adjacent to an activating group) is 1. The van der Waals surface area contributed by atoms with Crippen LogP contribution in [0.25, 0.3) is 0 Å². The molecule has 0 radical (unpaired) electrons. The summed E-state index contributed by atoms with van der Waals surface area (Å²) in [6.45, 7) is 6.37. The highest BCUT2D eigenvalue weighted by atomic mass is 16.5. The van der Waals surface area contributed by atoms with Gasteiger partial charge in [0, 0.05) is 12.6 Å². The maximum atomic E-state index is 12.6. The molecule has 1 N–H and O–H groups in total. The normalized spacial score (nSPS) is 10.5. The predicted molar refractivity (Wildman–Crippen MR) is 87.2 cm³/mol. The molecule has 0 saturated heterocycles. The Hall–Kier alpha value is -2.24. The van der Waals surface area contributed by atoms with E-state index >= 15 is 0 Å². The van der Waals surface area contributed by atoms with E-state index in [0.29, 0.717) is 36.1 Å². The average Bonchev–Trinajstić information content (AvgIpc) is 2.51. The molecule has 1 aromatic carbocycles. The van der Waals surface area contributed by atoms with Gasteiger partial charge in [0.1, 0.15) is 18.0 Å². The van der Waals surface area contributed by atoms with Crippen LogP contribution in [0.15, 0.2) is 18.2 Å². The lowest BCUT2D eigenvalue weighted by Gasteiger charge is -2.21. The zero-order chi connectivity index (χ0) is 17.4. The zero-order valence-electron chi connectivity index (χ0n) is 14.2. The van der Waals surface area contributed by atoms with E-state index in [1.54, 1.807) is 25.1 Å². The van der Waals surface area contributed by atoms with Gasteiger partial charge in [0.05, 0.1) is 19.3 Å². The number of carbonyl (C=O) groups is 2. The molecule has 1 aromatic rings. The summed E-state index contributed by atoms with van der Waals surface area (Å²) in [5.74, 6) is 0.0771. The lowest BCUT2D eigenvalue weighted by molar-refractivity contribution is -0.137. The van der Waals surface area contributed by atoms with Crippen molar-refractivity contribution in [3.05, 3.63) is 23.8 Å². The fraction of sp³-hybridized carbons (Fsp3) is 0.529. The molecule has 23 heavy (non-hydrogen) atoms. The Labute approximate surface area is 137 Å². The van der Waals surface area contributed by atoms with Gasteiger partial charge in [-0.2, -0.15) is 0 Å². The molecule has 6 nitrogen and oxygen atoms in total. The Bertz CT molecular complexity index is 542. The highest BCUT2D eigenvalue weighted by molar-refractivity contribution is 5.98. The second kappa shape index (κ2) is 9.02. The molecule has 0 unspecified atom stereocenters. The summed E-state index contributed by atoms with van der Waals surface area (Å²) in [5, 5.41) is 8.92. The van der Waals surface area contributed by atoms with Crippen LogP contribution in [0.3, 0.4) is 0 Å². The number of methoxy groups -OCH3 is 1. The number of hydrogen-bond acceptors (Lipinski definition) is 4. The van der Waals surface area contributed by atoms with E-state index in [2.05, 4.69) is 13.8 Å². The number of carboxylic acid groups (broad SMARTS) is 1. The lowest BCUT2D eigenvalue weighted by atomic mass is 10.1. The third-order valence-electron chi connectivity index (χ3n) is 3.37. The minimum absolute atomic E-state index is 0.308. The van der Waals surface area contributed by atoms with Gasteiger partial charge < -0.3 is 19.5 Å². The summed E-state index contributed by atoms with van der Waals surface area (Å²) >= 11 is 0. The van der Waals surface area contributed by atoms with Crippen LogP contribution in [-0.4, -0.2) is 48.7 Å². The van der Waals surface area contributed by atoms with Crippen LogP contribution in [0.5, 0.6) is 11.5 Å². The van der Waals surface area contributed by atoms with Crippen LogP contribution < -0.4 is 9.47 Å². The fourth-order valence-corrected chi connectivity index (χ4v) is 1.99. The standard InChI is InChI=1S/C17H25NO5/c1-5-18(11-16(19)20)17(21)14-7-6-13(22-4)10-15(14)23-9-8-12(2)3/h6-7,10,12H,5,8-9,11H2,1-4H3,(H,19,20). The maximum Gasteiger partial charge on any atom is 0.323 e. The van der Waals surface area contributed by atoms with Crippen molar-refractivity contribution < 1.29 is 24.2 Å². The summed E-state index contributed by atoms with van der Waals surface area (Å²) in [5.41, 5.74) is 0.345. The molecule has 0 aliphatic carbocycles. The molecule has 1 rings (SSSR count). The molecule has 0 spiro atoms. The number of hydrogen-bond donors (Lipinski definition) is 1. The zero-order valence-corrected chi connectivity index (χ0v) is 14.2. The van der Waals surface area contributed by atoms with Crippen LogP contribution in [-0.2, 0) is 4.79 Å². The summed E-state index contributed by atoms with van der Waals surface area (Å²) in [7, 11) is 1.54. The van der Waals surface area contributed by atoms with Crippen molar-refractivity contribution in [3.63, 3.8) is 0 Å². The number of benzene rings is 1. The summed E-state index contributed by atoms with van der Waals surface area (Å²) in [4.78, 5) is 24.7. The topological polar surface area (TPSA) is 76.1 Å². The Morgan fingerprint density at radius 3 is 2.52 bits per heavy atom. The molecular weight excluding hydrogens is 298 g/mol. The Morgan fingerprint density at radius 1 is 1.30 bits per heavy atom. The first-order chi connectivity index (χ1) is 10.9. The van der Waals surface area contributed by atoms with Gasteiger partial charge in [0.15, 0.2) is 0 Å². The smallest absolute Gasteiger partial charge is 0.323 e. The summed E-state index contributed by atoms with van der Waals surface area (Å²) in [6, 6.07) is 4.93. The molecule has 0 saturated carbocycles. The minimum atomic E-state index is -1.05. The van der Waals surface area contributed by atoms with E-state index in [4.69, 9.17) is 14.6 Å². The molecule has 0 atom stereocenters. The van der Waals surface area contributed by atoms with Gasteiger partial charge in [0.2, 0.25) is 0 Å². The van der Waals surface area contributed by atoms with Crippen LogP contribution >= 0.6 is 0 Å². The third kappa shape index (κ3) is 5.81. The van der Waals surface area contributed by atoms with Gasteiger partial charge in [0.25, 0.3) is 5.91 Å². The number of nitrogens with zero attached hydrogens (tertiary/aromatic N) is 1. The molecule has 0 aliphatic rings. The average molecular weight is 323 g/mol. The largest absolute Gasteiger partial charge is 0.497 e. The van der Waals surface area contributed by atoms with Crippen LogP contribution in [0.4, 0.5) is 0 Å². The number of aliphatic carboxylic acids is 1. The van der Waals surface area contributed by atoms with E-state index in [-0.39, 0.29) is 12.5 Å². The van der Waals surface area contributed by atoms with Gasteiger partial charge in [-0.15, -0.1) is 0 Å². The molecular formula is C17H25NO5. The van der Waals surface area contributed by atoms with Crippen LogP contribution in [0.1, 0.15) is 37.6 Å². The first-order valence-electron chi connectivity index (χ1n) is 7.70. The molecule has 0 heterocycles. The monoisotopic (exact) mass is 323 g/mol. The highest BCUT2D eigenvalue weighted by Crippen LogP contribution is 2.26. The number of ether oxygens (including phenoxy) is 2. The van der Waals surface area contributed by atoms with Gasteiger partial charge >= 0.3 is 5.97 Å². The first-order valence-corrected chi connectivity index (χ1v) is 7.70. The maximum absolute atomic E-state index is 12.6. The Morgan fingerprint density at radius 2 is 2.00 bits per heavy atom. The lowest BCUT2D eigenvalue weighted by Crippen LogP contribution is -2.35. The highest BCUT2D eigenvalue weighted by Gasteiger charge is 2.21. The van der Waals surface area contributed by atoms with Gasteiger partial charge in [-0.3, -0.25) is 9.59 Å². The third-order valence-corrected chi connectivity index (χ3v) is 3.37. The molecule has 0 aromatic heterocycles. The summed E-state index contributed by atoms with van der Waals surface area (Å²) < 4.78 is 10.9. The molecule has 0 aliphatic heterocycles. The fourth-order valence-electron chi connectivity index (χ4n) is 1.99. The number of rotatable bonds is 9. The number of amides is 1. The Kier molecular flexibility index (Phi) is 7.38. The second-order valence-corrected chi connectivity index (χ2v) is 5.61. The SMILES string of the molecule is CCN(CC(=O)O)C(=O)c1ccc(OC)cc1OCCC(C)C. The van der Waals surface area contributed by atoms with Crippen LogP contribution in [0.2, 0.25) is 0 Å². The van der Waals surface area contributed by atoms with Crippen molar-refractivity contribution in [1.29, 1.82) is 0 Å². The van der Waals surface area contributed by atoms with Crippen molar-refractivity contribution in [2.45, 2.75) is 27.2 Å². The van der Waals surface area contributed by atoms with Gasteiger partial charge in [-0.25, -0.2) is 0 Å². The molecule has 128 valence electrons. The van der Waals surface area contributed by atoms with E-state index in [1.807, 2.05) is 0 Å². The van der Waals surface area contributed by atoms with E-state index in [1.165, 1.54) is 12.0 Å². The number of carboxylic acids is 1. The van der Waals surface area contributed by atoms with E-state index < -0.39 is 5.97 Å². The quantitative estimate of drug-likeness (QED) is 0.756. The van der Waals surface area contributed by atoms with Crippen molar-refractivity contribution in [2.75, 3.05) is 26.8 Å². The van der Waals surface area contributed by atoms with Crippen molar-refractivity contribution >= 4 is 11.9 Å². The predicted octanol–water partition coefficient (Wildman–Crippen LogP) is 2.67. The van der Waals surface area contributed by atoms with Crippen LogP contribution in [0, 0.1) is 5.92 Å². The van der Waals surface area contributed by atoms with Crippen molar-refractivity contribution in [2.24, 2.45) is 5.92 Å². The first kappa shape index (κ1) is 18.8. The van der Waals surface area contributed by atoms with E-state index in [0.717, 1.165) is 6.42 Å². The molecule has 6 heteroatoms. The van der Waals surface area contributed by atoms with Gasteiger partial charge in [-0.05, 0) is 31.4 Å². The Balaban J connectivity index is 3.02. The van der Waals surface area contributed by atoms with Gasteiger partial charge in [-0.1, -0.05) is 13.8 Å². The molecule has 0 fully saturated rings.